The van der Waals surface area contributed by atoms with Crippen LogP contribution < -0.4 is 0 Å². The average molecular weight is 288 g/mol. The van der Waals surface area contributed by atoms with Crippen LogP contribution in [0.1, 0.15) is 16.7 Å². The van der Waals surface area contributed by atoms with Crippen LogP contribution in [0.15, 0.2) is 47.4 Å². The molecule has 2 aromatic rings. The van der Waals surface area contributed by atoms with Gasteiger partial charge < -0.3 is 0 Å². The Hall–Kier alpha value is -1.61. The third-order valence-electron chi connectivity index (χ3n) is 3.11. The van der Waals surface area contributed by atoms with Crippen molar-refractivity contribution in [1.82, 2.24) is 0 Å². The predicted octanol–water partition coefficient (Wildman–Crippen LogP) is 4.35. The van der Waals surface area contributed by atoms with Crippen LogP contribution in [0.2, 0.25) is 0 Å². The van der Waals surface area contributed by atoms with Crippen molar-refractivity contribution in [2.24, 2.45) is 0 Å². The lowest BCUT2D eigenvalue weighted by molar-refractivity contribution is -0.116. The molecule has 0 saturated heterocycles. The summed E-state index contributed by atoms with van der Waals surface area (Å²) in [6.45, 7) is 4.05. The Morgan fingerprint density at radius 1 is 1.10 bits per heavy atom. The van der Waals surface area contributed by atoms with Crippen molar-refractivity contribution in [3.8, 4) is 0 Å². The summed E-state index contributed by atoms with van der Waals surface area (Å²) in [5.41, 5.74) is 3.41. The molecule has 0 radical (unpaired) electrons. The summed E-state index contributed by atoms with van der Waals surface area (Å²) in [7, 11) is 0. The molecule has 3 heteroatoms. The summed E-state index contributed by atoms with van der Waals surface area (Å²) in [5.74, 6) is 0.350. The number of carbonyl (C=O) groups excluding carboxylic acids is 1. The molecule has 104 valence electrons. The minimum Gasteiger partial charge on any atom is -0.298 e. The second kappa shape index (κ2) is 6.71. The number of Topliss-reactive ketones (excluding diaryl/α,β-unsaturated/α-hetero) is 1. The normalized spacial score (nSPS) is 10.6. The Labute approximate surface area is 123 Å². The van der Waals surface area contributed by atoms with E-state index in [0.717, 1.165) is 16.0 Å². The van der Waals surface area contributed by atoms with E-state index in [4.69, 9.17) is 0 Å². The maximum Gasteiger partial charge on any atom is 0.147 e. The van der Waals surface area contributed by atoms with E-state index in [1.54, 1.807) is 12.1 Å². The Balaban J connectivity index is 1.92. The lowest BCUT2D eigenvalue weighted by Gasteiger charge is -2.06. The first-order valence-corrected chi connectivity index (χ1v) is 7.49. The van der Waals surface area contributed by atoms with Crippen molar-refractivity contribution in [3.63, 3.8) is 0 Å². The number of halogens is 1. The monoisotopic (exact) mass is 288 g/mol. The van der Waals surface area contributed by atoms with Gasteiger partial charge in [-0.1, -0.05) is 23.8 Å². The van der Waals surface area contributed by atoms with E-state index in [2.05, 4.69) is 12.1 Å². The van der Waals surface area contributed by atoms with E-state index >= 15 is 0 Å². The van der Waals surface area contributed by atoms with Gasteiger partial charge in [-0.3, -0.25) is 4.79 Å². The molecule has 0 fully saturated rings. The van der Waals surface area contributed by atoms with Crippen molar-refractivity contribution >= 4 is 17.5 Å². The highest BCUT2D eigenvalue weighted by atomic mass is 32.2. The van der Waals surface area contributed by atoms with Crippen LogP contribution in [0, 0.1) is 19.7 Å². The van der Waals surface area contributed by atoms with E-state index in [9.17, 15) is 9.18 Å². The van der Waals surface area contributed by atoms with Crippen LogP contribution >= 0.6 is 11.8 Å². The lowest BCUT2D eigenvalue weighted by Crippen LogP contribution is -2.07. The Morgan fingerprint density at radius 2 is 1.80 bits per heavy atom. The molecule has 0 aromatic heterocycles. The minimum absolute atomic E-state index is 0.188. The second-order valence-electron chi connectivity index (χ2n) is 4.89. The number of ketones is 1. The first-order chi connectivity index (χ1) is 9.54. The van der Waals surface area contributed by atoms with E-state index in [-0.39, 0.29) is 11.6 Å². The SMILES string of the molecule is Cc1ccc(C)c(CC(=O)CSc2ccc(F)cc2)c1. The molecule has 0 spiro atoms. The summed E-state index contributed by atoms with van der Waals surface area (Å²) in [5, 5.41) is 0. The zero-order valence-electron chi connectivity index (χ0n) is 11.7. The zero-order valence-corrected chi connectivity index (χ0v) is 12.5. The molecule has 0 N–H and O–H groups in total. The van der Waals surface area contributed by atoms with Crippen molar-refractivity contribution in [3.05, 3.63) is 65.0 Å². The average Bonchev–Trinajstić information content (AvgIpc) is 2.42. The van der Waals surface area contributed by atoms with Crippen molar-refractivity contribution < 1.29 is 9.18 Å². The molecular formula is C17H17FOS. The fourth-order valence-corrected chi connectivity index (χ4v) is 2.71. The molecule has 20 heavy (non-hydrogen) atoms. The van der Waals surface area contributed by atoms with Gasteiger partial charge in [-0.2, -0.15) is 0 Å². The minimum atomic E-state index is -0.254. The van der Waals surface area contributed by atoms with Crippen molar-refractivity contribution in [2.45, 2.75) is 25.2 Å². The molecule has 1 nitrogen and oxygen atoms in total. The third-order valence-corrected chi connectivity index (χ3v) is 4.18. The summed E-state index contributed by atoms with van der Waals surface area (Å²) in [4.78, 5) is 12.9. The van der Waals surface area contributed by atoms with Crippen LogP contribution in [0.5, 0.6) is 0 Å². The lowest BCUT2D eigenvalue weighted by atomic mass is 10.0. The molecule has 0 unspecified atom stereocenters. The summed E-state index contributed by atoms with van der Waals surface area (Å²) in [6.07, 6.45) is 0.460. The molecule has 0 aliphatic heterocycles. The Bertz CT molecular complexity index is 605. The number of thioether (sulfide) groups is 1. The molecule has 0 amide bonds. The van der Waals surface area contributed by atoms with Gasteiger partial charge in [0.1, 0.15) is 11.6 Å². The molecule has 0 atom stereocenters. The van der Waals surface area contributed by atoms with E-state index in [0.29, 0.717) is 12.2 Å². The molecule has 2 aromatic carbocycles. The molecule has 0 bridgehead atoms. The topological polar surface area (TPSA) is 17.1 Å². The molecule has 0 saturated carbocycles. The summed E-state index contributed by atoms with van der Waals surface area (Å²) in [6, 6.07) is 12.4. The molecule has 0 heterocycles. The van der Waals surface area contributed by atoms with Crippen LogP contribution in [-0.4, -0.2) is 11.5 Å². The van der Waals surface area contributed by atoms with Crippen LogP contribution in [-0.2, 0) is 11.2 Å². The van der Waals surface area contributed by atoms with Gasteiger partial charge in [0.15, 0.2) is 0 Å². The van der Waals surface area contributed by atoms with Gasteiger partial charge >= 0.3 is 0 Å². The van der Waals surface area contributed by atoms with Gasteiger partial charge in [-0.05, 0) is 49.2 Å². The highest BCUT2D eigenvalue weighted by Gasteiger charge is 2.07. The number of benzene rings is 2. The molecular weight excluding hydrogens is 271 g/mol. The fraction of sp³-hybridized carbons (Fsp3) is 0.235. The number of hydrogen-bond acceptors (Lipinski definition) is 2. The Kier molecular flexibility index (Phi) is 4.96. The summed E-state index contributed by atoms with van der Waals surface area (Å²) < 4.78 is 12.8. The number of carbonyl (C=O) groups is 1. The van der Waals surface area contributed by atoms with Crippen LogP contribution in [0.3, 0.4) is 0 Å². The number of hydrogen-bond donors (Lipinski definition) is 0. The first kappa shape index (κ1) is 14.8. The van der Waals surface area contributed by atoms with Gasteiger partial charge in [0, 0.05) is 11.3 Å². The van der Waals surface area contributed by atoms with Gasteiger partial charge in [0.2, 0.25) is 0 Å². The first-order valence-electron chi connectivity index (χ1n) is 6.51. The van der Waals surface area contributed by atoms with Crippen LogP contribution in [0.25, 0.3) is 0 Å². The van der Waals surface area contributed by atoms with E-state index < -0.39 is 0 Å². The number of aryl methyl sites for hydroxylation is 2. The fourth-order valence-electron chi connectivity index (χ4n) is 1.95. The highest BCUT2D eigenvalue weighted by molar-refractivity contribution is 8.00. The second-order valence-corrected chi connectivity index (χ2v) is 5.94. The van der Waals surface area contributed by atoms with E-state index in [1.165, 1.54) is 29.5 Å². The van der Waals surface area contributed by atoms with Gasteiger partial charge in [0.05, 0.1) is 5.75 Å². The maximum atomic E-state index is 12.8. The molecule has 0 aliphatic carbocycles. The zero-order chi connectivity index (χ0) is 14.5. The van der Waals surface area contributed by atoms with Crippen molar-refractivity contribution in [1.29, 1.82) is 0 Å². The molecule has 0 aliphatic rings. The Morgan fingerprint density at radius 3 is 2.50 bits per heavy atom. The van der Waals surface area contributed by atoms with Gasteiger partial charge in [0.25, 0.3) is 0 Å². The highest BCUT2D eigenvalue weighted by Crippen LogP contribution is 2.19. The predicted molar refractivity (Wildman–Crippen MR) is 81.8 cm³/mol. The maximum absolute atomic E-state index is 12.8. The van der Waals surface area contributed by atoms with Crippen molar-refractivity contribution in [2.75, 3.05) is 5.75 Å². The van der Waals surface area contributed by atoms with Crippen LogP contribution in [0.4, 0.5) is 4.39 Å². The molecule has 2 rings (SSSR count). The smallest absolute Gasteiger partial charge is 0.147 e. The standard InChI is InChI=1S/C17H17FOS/c1-12-3-4-13(2)14(9-12)10-16(19)11-20-17-7-5-15(18)6-8-17/h3-9H,10-11H2,1-2H3. The third kappa shape index (κ3) is 4.20. The number of rotatable bonds is 5. The van der Waals surface area contributed by atoms with E-state index in [1.807, 2.05) is 19.9 Å². The quantitative estimate of drug-likeness (QED) is 0.761. The van der Waals surface area contributed by atoms with Gasteiger partial charge in [-0.15, -0.1) is 11.8 Å². The summed E-state index contributed by atoms with van der Waals surface area (Å²) >= 11 is 1.45. The largest absolute Gasteiger partial charge is 0.298 e. The van der Waals surface area contributed by atoms with Gasteiger partial charge in [-0.25, -0.2) is 4.39 Å².